The molecule has 27 heavy (non-hydrogen) atoms. The molecule has 0 unspecified atom stereocenters. The van der Waals surface area contributed by atoms with Gasteiger partial charge in [-0.3, -0.25) is 4.79 Å². The summed E-state index contributed by atoms with van der Waals surface area (Å²) in [6.45, 7) is 1.12. The van der Waals surface area contributed by atoms with Crippen LogP contribution in [0.4, 0.5) is 5.69 Å². The molecule has 1 N–H and O–H groups in total. The van der Waals surface area contributed by atoms with Crippen LogP contribution in [0.5, 0.6) is 11.5 Å². The standard InChI is InChI=1S/C23H23NO3/c1-26-21-11-7-19(8-12-21)23(25)15-16-24-20-9-13-22(14-10-20)27-17-18-5-3-2-4-6-18/h2-14,24H,15-17H2,1H3. The Hall–Kier alpha value is -3.27. The van der Waals surface area contributed by atoms with E-state index in [1.54, 1.807) is 31.4 Å². The lowest BCUT2D eigenvalue weighted by atomic mass is 10.1. The molecule has 0 radical (unpaired) electrons. The van der Waals surface area contributed by atoms with Gasteiger partial charge in [-0.25, -0.2) is 0 Å². The highest BCUT2D eigenvalue weighted by atomic mass is 16.5. The van der Waals surface area contributed by atoms with Gasteiger partial charge in [0.2, 0.25) is 0 Å². The van der Waals surface area contributed by atoms with E-state index in [4.69, 9.17) is 9.47 Å². The van der Waals surface area contributed by atoms with Crippen molar-refractivity contribution in [1.82, 2.24) is 0 Å². The average Bonchev–Trinajstić information content (AvgIpc) is 2.74. The number of Topliss-reactive ketones (excluding diaryl/α,β-unsaturated/α-hetero) is 1. The number of carbonyl (C=O) groups is 1. The number of carbonyl (C=O) groups excluding carboxylic acids is 1. The first kappa shape index (κ1) is 18.5. The zero-order chi connectivity index (χ0) is 18.9. The fourth-order valence-electron chi connectivity index (χ4n) is 2.65. The molecule has 0 amide bonds. The van der Waals surface area contributed by atoms with Gasteiger partial charge in [0.15, 0.2) is 5.78 Å². The smallest absolute Gasteiger partial charge is 0.164 e. The second-order valence-corrected chi connectivity index (χ2v) is 6.13. The summed E-state index contributed by atoms with van der Waals surface area (Å²) in [7, 11) is 1.61. The Kier molecular flexibility index (Phi) is 6.47. The summed E-state index contributed by atoms with van der Waals surface area (Å²) in [6.07, 6.45) is 0.429. The Morgan fingerprint density at radius 2 is 1.52 bits per heavy atom. The van der Waals surface area contributed by atoms with Crippen molar-refractivity contribution in [2.75, 3.05) is 19.0 Å². The van der Waals surface area contributed by atoms with Gasteiger partial charge in [0.1, 0.15) is 18.1 Å². The molecule has 0 atom stereocenters. The molecule has 0 heterocycles. The van der Waals surface area contributed by atoms with Crippen LogP contribution < -0.4 is 14.8 Å². The van der Waals surface area contributed by atoms with Crippen LogP contribution in [-0.2, 0) is 6.61 Å². The molecule has 4 nitrogen and oxygen atoms in total. The summed E-state index contributed by atoms with van der Waals surface area (Å²) >= 11 is 0. The van der Waals surface area contributed by atoms with E-state index in [1.807, 2.05) is 54.6 Å². The van der Waals surface area contributed by atoms with E-state index in [0.717, 1.165) is 22.7 Å². The highest BCUT2D eigenvalue weighted by Crippen LogP contribution is 2.17. The van der Waals surface area contributed by atoms with E-state index >= 15 is 0 Å². The van der Waals surface area contributed by atoms with Crippen LogP contribution in [0.3, 0.4) is 0 Å². The summed E-state index contributed by atoms with van der Waals surface area (Å²) in [5, 5.41) is 3.27. The first-order chi connectivity index (χ1) is 13.2. The predicted octanol–water partition coefficient (Wildman–Crippen LogP) is 4.96. The number of benzene rings is 3. The quantitative estimate of drug-likeness (QED) is 0.547. The van der Waals surface area contributed by atoms with Crippen molar-refractivity contribution in [3.05, 3.63) is 90.0 Å². The van der Waals surface area contributed by atoms with E-state index in [9.17, 15) is 4.79 Å². The number of anilines is 1. The molecule has 3 rings (SSSR count). The minimum atomic E-state index is 0.105. The molecule has 0 aliphatic heterocycles. The normalized spacial score (nSPS) is 10.3. The zero-order valence-electron chi connectivity index (χ0n) is 15.4. The second kappa shape index (κ2) is 9.43. The fraction of sp³-hybridized carbons (Fsp3) is 0.174. The molecule has 0 aromatic heterocycles. The summed E-state index contributed by atoms with van der Waals surface area (Å²) in [5.41, 5.74) is 2.79. The van der Waals surface area contributed by atoms with Crippen molar-refractivity contribution in [2.45, 2.75) is 13.0 Å². The Morgan fingerprint density at radius 1 is 0.852 bits per heavy atom. The molecule has 0 spiro atoms. The van der Waals surface area contributed by atoms with Crippen molar-refractivity contribution in [2.24, 2.45) is 0 Å². The first-order valence-electron chi connectivity index (χ1n) is 8.92. The Balaban J connectivity index is 1.43. The Bertz CT molecular complexity index is 843. The van der Waals surface area contributed by atoms with Crippen molar-refractivity contribution in [3.8, 4) is 11.5 Å². The lowest BCUT2D eigenvalue weighted by molar-refractivity contribution is 0.0986. The van der Waals surface area contributed by atoms with Gasteiger partial charge in [-0.1, -0.05) is 30.3 Å². The van der Waals surface area contributed by atoms with Crippen LogP contribution in [-0.4, -0.2) is 19.4 Å². The van der Waals surface area contributed by atoms with Gasteiger partial charge >= 0.3 is 0 Å². The molecule has 0 aliphatic rings. The van der Waals surface area contributed by atoms with Gasteiger partial charge in [-0.2, -0.15) is 0 Å². The monoisotopic (exact) mass is 361 g/mol. The van der Waals surface area contributed by atoms with Crippen molar-refractivity contribution in [1.29, 1.82) is 0 Å². The van der Waals surface area contributed by atoms with E-state index < -0.39 is 0 Å². The molecule has 0 aliphatic carbocycles. The van der Waals surface area contributed by atoms with E-state index in [1.165, 1.54) is 0 Å². The molecule has 3 aromatic carbocycles. The maximum Gasteiger partial charge on any atom is 0.164 e. The lowest BCUT2D eigenvalue weighted by Gasteiger charge is -2.09. The summed E-state index contributed by atoms with van der Waals surface area (Å²) in [4.78, 5) is 12.2. The minimum absolute atomic E-state index is 0.105. The molecular weight excluding hydrogens is 338 g/mol. The molecule has 0 bridgehead atoms. The zero-order valence-corrected chi connectivity index (χ0v) is 15.4. The highest BCUT2D eigenvalue weighted by molar-refractivity contribution is 5.96. The molecule has 138 valence electrons. The number of hydrogen-bond acceptors (Lipinski definition) is 4. The minimum Gasteiger partial charge on any atom is -0.497 e. The van der Waals surface area contributed by atoms with Crippen molar-refractivity contribution < 1.29 is 14.3 Å². The van der Waals surface area contributed by atoms with Crippen LogP contribution >= 0.6 is 0 Å². The third kappa shape index (κ3) is 5.61. The van der Waals surface area contributed by atoms with Gasteiger partial charge in [0.25, 0.3) is 0 Å². The SMILES string of the molecule is COc1ccc(C(=O)CCNc2ccc(OCc3ccccc3)cc2)cc1. The fourth-order valence-corrected chi connectivity index (χ4v) is 2.65. The van der Waals surface area contributed by atoms with Crippen LogP contribution in [0.2, 0.25) is 0 Å². The number of hydrogen-bond donors (Lipinski definition) is 1. The van der Waals surface area contributed by atoms with Crippen molar-refractivity contribution >= 4 is 11.5 Å². The Morgan fingerprint density at radius 3 is 2.19 bits per heavy atom. The number of rotatable bonds is 9. The molecule has 4 heteroatoms. The highest BCUT2D eigenvalue weighted by Gasteiger charge is 2.06. The van der Waals surface area contributed by atoms with Gasteiger partial charge in [-0.15, -0.1) is 0 Å². The number of ketones is 1. The largest absolute Gasteiger partial charge is 0.497 e. The number of methoxy groups -OCH3 is 1. The number of ether oxygens (including phenoxy) is 2. The average molecular weight is 361 g/mol. The van der Waals surface area contributed by atoms with Crippen LogP contribution in [0.1, 0.15) is 22.3 Å². The lowest BCUT2D eigenvalue weighted by Crippen LogP contribution is -2.08. The van der Waals surface area contributed by atoms with Crippen molar-refractivity contribution in [3.63, 3.8) is 0 Å². The van der Waals surface area contributed by atoms with E-state index in [2.05, 4.69) is 5.32 Å². The maximum absolute atomic E-state index is 12.2. The topological polar surface area (TPSA) is 47.6 Å². The molecule has 0 saturated heterocycles. The Labute approximate surface area is 159 Å². The predicted molar refractivity (Wildman–Crippen MR) is 108 cm³/mol. The third-order valence-electron chi connectivity index (χ3n) is 4.20. The van der Waals surface area contributed by atoms with Crippen LogP contribution in [0.15, 0.2) is 78.9 Å². The molecule has 3 aromatic rings. The van der Waals surface area contributed by atoms with Gasteiger partial charge in [0, 0.05) is 24.2 Å². The summed E-state index contributed by atoms with van der Waals surface area (Å²) in [5.74, 6) is 1.67. The third-order valence-corrected chi connectivity index (χ3v) is 4.20. The molecule has 0 saturated carbocycles. The second-order valence-electron chi connectivity index (χ2n) is 6.13. The van der Waals surface area contributed by atoms with Gasteiger partial charge in [0.05, 0.1) is 7.11 Å². The summed E-state index contributed by atoms with van der Waals surface area (Å²) in [6, 6.07) is 25.0. The van der Waals surface area contributed by atoms with Gasteiger partial charge < -0.3 is 14.8 Å². The first-order valence-corrected chi connectivity index (χ1v) is 8.92. The molecule has 0 fully saturated rings. The van der Waals surface area contributed by atoms with E-state index in [0.29, 0.717) is 25.1 Å². The van der Waals surface area contributed by atoms with E-state index in [-0.39, 0.29) is 5.78 Å². The maximum atomic E-state index is 12.2. The van der Waals surface area contributed by atoms with Crippen LogP contribution in [0, 0.1) is 0 Å². The van der Waals surface area contributed by atoms with Crippen LogP contribution in [0.25, 0.3) is 0 Å². The number of nitrogens with one attached hydrogen (secondary N) is 1. The molecular formula is C23H23NO3. The van der Waals surface area contributed by atoms with Gasteiger partial charge in [-0.05, 0) is 54.1 Å². The summed E-state index contributed by atoms with van der Waals surface area (Å²) < 4.78 is 10.9.